The van der Waals surface area contributed by atoms with E-state index in [9.17, 15) is 0 Å². The van der Waals surface area contributed by atoms with E-state index in [2.05, 4.69) is 0 Å². The Labute approximate surface area is 65.5 Å². The third-order valence-corrected chi connectivity index (χ3v) is 1.78. The van der Waals surface area contributed by atoms with Gasteiger partial charge < -0.3 is 9.57 Å². The van der Waals surface area contributed by atoms with Gasteiger partial charge >= 0.3 is 0 Å². The first-order valence-electron chi connectivity index (χ1n) is 3.83. The molecule has 1 atom stereocenters. The van der Waals surface area contributed by atoms with Gasteiger partial charge in [0.25, 0.3) is 0 Å². The Bertz CT molecular complexity index is 204. The standard InChI is InChI=1S/C8H11NO2/c1-2-5-9(4-1)11-7-8-3-6-10-8/h1-2,4-5,8H,3,6-7H2. The number of nitrogens with zero attached hydrogens (tertiary/aromatic N) is 1. The molecule has 60 valence electrons. The van der Waals surface area contributed by atoms with E-state index in [0.29, 0.717) is 12.7 Å². The quantitative estimate of drug-likeness (QED) is 0.638. The summed E-state index contributed by atoms with van der Waals surface area (Å²) in [5.41, 5.74) is 0. The molecule has 0 saturated carbocycles. The first kappa shape index (κ1) is 6.73. The molecule has 0 aliphatic carbocycles. The normalized spacial score (nSPS) is 22.7. The van der Waals surface area contributed by atoms with Crippen molar-refractivity contribution in [2.75, 3.05) is 13.2 Å². The Morgan fingerprint density at radius 1 is 1.45 bits per heavy atom. The maximum absolute atomic E-state index is 5.34. The highest BCUT2D eigenvalue weighted by molar-refractivity contribution is 4.87. The van der Waals surface area contributed by atoms with Gasteiger partial charge in [-0.2, -0.15) is 4.73 Å². The monoisotopic (exact) mass is 153 g/mol. The molecule has 2 rings (SSSR count). The second kappa shape index (κ2) is 2.96. The zero-order valence-corrected chi connectivity index (χ0v) is 6.27. The lowest BCUT2D eigenvalue weighted by molar-refractivity contribution is -0.0954. The largest absolute Gasteiger partial charge is 0.412 e. The van der Waals surface area contributed by atoms with Gasteiger partial charge in [-0.15, -0.1) is 0 Å². The number of hydrogen-bond acceptors (Lipinski definition) is 2. The lowest BCUT2D eigenvalue weighted by Crippen LogP contribution is -2.34. The highest BCUT2D eigenvalue weighted by Crippen LogP contribution is 2.09. The fraction of sp³-hybridized carbons (Fsp3) is 0.500. The van der Waals surface area contributed by atoms with Crippen molar-refractivity contribution < 1.29 is 9.57 Å². The molecule has 1 aliphatic heterocycles. The molecule has 0 amide bonds. The van der Waals surface area contributed by atoms with Gasteiger partial charge in [0.2, 0.25) is 0 Å². The molecule has 0 aromatic carbocycles. The van der Waals surface area contributed by atoms with Gasteiger partial charge in [0, 0.05) is 25.4 Å². The van der Waals surface area contributed by atoms with Crippen molar-refractivity contribution in [1.82, 2.24) is 4.73 Å². The molecule has 1 aromatic rings. The number of hydrogen-bond donors (Lipinski definition) is 0. The lowest BCUT2D eigenvalue weighted by atomic mass is 10.2. The second-order valence-electron chi connectivity index (χ2n) is 2.62. The summed E-state index contributed by atoms with van der Waals surface area (Å²) >= 11 is 0. The summed E-state index contributed by atoms with van der Waals surface area (Å²) in [6.07, 6.45) is 5.19. The van der Waals surface area contributed by atoms with E-state index in [1.807, 2.05) is 24.5 Å². The zero-order chi connectivity index (χ0) is 7.52. The average Bonchev–Trinajstić information content (AvgIpc) is 2.36. The highest BCUT2D eigenvalue weighted by atomic mass is 16.7. The Kier molecular flexibility index (Phi) is 1.81. The van der Waals surface area contributed by atoms with Crippen molar-refractivity contribution in [1.29, 1.82) is 0 Å². The Morgan fingerprint density at radius 3 is 2.73 bits per heavy atom. The minimum atomic E-state index is 0.317. The predicted molar refractivity (Wildman–Crippen MR) is 40.2 cm³/mol. The van der Waals surface area contributed by atoms with Crippen LogP contribution in [0.5, 0.6) is 0 Å². The second-order valence-corrected chi connectivity index (χ2v) is 2.62. The molecule has 0 radical (unpaired) electrons. The Morgan fingerprint density at radius 2 is 2.18 bits per heavy atom. The summed E-state index contributed by atoms with van der Waals surface area (Å²) in [5.74, 6) is 0. The van der Waals surface area contributed by atoms with Crippen LogP contribution in [0.25, 0.3) is 0 Å². The van der Waals surface area contributed by atoms with Crippen LogP contribution in [-0.2, 0) is 4.74 Å². The molecule has 1 unspecified atom stereocenters. The van der Waals surface area contributed by atoms with Crippen molar-refractivity contribution in [2.24, 2.45) is 0 Å². The van der Waals surface area contributed by atoms with E-state index in [-0.39, 0.29) is 0 Å². The molecular weight excluding hydrogens is 142 g/mol. The Hall–Kier alpha value is -0.960. The van der Waals surface area contributed by atoms with Crippen LogP contribution < -0.4 is 4.84 Å². The fourth-order valence-corrected chi connectivity index (χ4v) is 0.990. The van der Waals surface area contributed by atoms with Gasteiger partial charge in [0.15, 0.2) is 0 Å². The molecule has 0 spiro atoms. The number of ether oxygens (including phenoxy) is 1. The van der Waals surface area contributed by atoms with E-state index in [4.69, 9.17) is 9.57 Å². The van der Waals surface area contributed by atoms with Crippen LogP contribution in [0.2, 0.25) is 0 Å². The third-order valence-electron chi connectivity index (χ3n) is 1.78. The van der Waals surface area contributed by atoms with E-state index in [0.717, 1.165) is 13.0 Å². The van der Waals surface area contributed by atoms with E-state index in [1.54, 1.807) is 4.73 Å². The summed E-state index contributed by atoms with van der Waals surface area (Å²) in [7, 11) is 0. The van der Waals surface area contributed by atoms with E-state index in [1.165, 1.54) is 0 Å². The van der Waals surface area contributed by atoms with Crippen LogP contribution in [0.3, 0.4) is 0 Å². The zero-order valence-electron chi connectivity index (χ0n) is 6.27. The first-order chi connectivity index (χ1) is 5.45. The van der Waals surface area contributed by atoms with Gasteiger partial charge in [-0.1, -0.05) is 0 Å². The maximum Gasteiger partial charge on any atom is 0.141 e. The SMILES string of the molecule is c1ccn(OCC2CCO2)c1. The van der Waals surface area contributed by atoms with Gasteiger partial charge in [0.1, 0.15) is 6.61 Å². The molecular formula is C8H11NO2. The van der Waals surface area contributed by atoms with Gasteiger partial charge in [-0.05, 0) is 12.1 Å². The van der Waals surface area contributed by atoms with Crippen molar-refractivity contribution in [3.8, 4) is 0 Å². The molecule has 1 fully saturated rings. The smallest absolute Gasteiger partial charge is 0.141 e. The molecule has 3 heteroatoms. The van der Waals surface area contributed by atoms with Crippen LogP contribution in [-0.4, -0.2) is 24.0 Å². The van der Waals surface area contributed by atoms with Crippen LogP contribution in [0.4, 0.5) is 0 Å². The van der Waals surface area contributed by atoms with Crippen molar-refractivity contribution >= 4 is 0 Å². The van der Waals surface area contributed by atoms with Crippen molar-refractivity contribution in [2.45, 2.75) is 12.5 Å². The minimum Gasteiger partial charge on any atom is -0.412 e. The first-order valence-corrected chi connectivity index (χ1v) is 3.83. The van der Waals surface area contributed by atoms with Crippen molar-refractivity contribution in [3.63, 3.8) is 0 Å². The van der Waals surface area contributed by atoms with Gasteiger partial charge in [0.05, 0.1) is 6.10 Å². The van der Waals surface area contributed by atoms with Gasteiger partial charge in [-0.25, -0.2) is 0 Å². The number of aromatic nitrogens is 1. The molecule has 1 aliphatic rings. The molecule has 2 heterocycles. The van der Waals surface area contributed by atoms with Gasteiger partial charge in [-0.3, -0.25) is 0 Å². The molecule has 3 nitrogen and oxygen atoms in total. The van der Waals surface area contributed by atoms with E-state index < -0.39 is 0 Å². The van der Waals surface area contributed by atoms with Crippen LogP contribution in [0.15, 0.2) is 24.5 Å². The van der Waals surface area contributed by atoms with Crippen LogP contribution >= 0.6 is 0 Å². The minimum absolute atomic E-state index is 0.317. The number of rotatable bonds is 3. The summed E-state index contributed by atoms with van der Waals surface area (Å²) in [4.78, 5) is 5.34. The topological polar surface area (TPSA) is 23.4 Å². The molecule has 0 bridgehead atoms. The summed E-state index contributed by atoms with van der Waals surface area (Å²) in [5, 5.41) is 0. The molecule has 1 saturated heterocycles. The highest BCUT2D eigenvalue weighted by Gasteiger charge is 2.18. The third kappa shape index (κ3) is 1.54. The molecule has 1 aromatic heterocycles. The Balaban J connectivity index is 1.74. The maximum atomic E-state index is 5.34. The van der Waals surface area contributed by atoms with Crippen LogP contribution in [0.1, 0.15) is 6.42 Å². The molecule has 11 heavy (non-hydrogen) atoms. The summed E-state index contributed by atoms with van der Waals surface area (Å²) in [6.45, 7) is 1.55. The summed E-state index contributed by atoms with van der Waals surface area (Å²) < 4.78 is 6.89. The van der Waals surface area contributed by atoms with Crippen molar-refractivity contribution in [3.05, 3.63) is 24.5 Å². The predicted octanol–water partition coefficient (Wildman–Crippen LogP) is 0.706. The summed E-state index contributed by atoms with van der Waals surface area (Å²) in [6, 6.07) is 3.86. The van der Waals surface area contributed by atoms with Crippen LogP contribution in [0, 0.1) is 0 Å². The molecule has 0 N–H and O–H groups in total. The van der Waals surface area contributed by atoms with E-state index >= 15 is 0 Å². The fourth-order valence-electron chi connectivity index (χ4n) is 0.990. The average molecular weight is 153 g/mol. The lowest BCUT2D eigenvalue weighted by Gasteiger charge is -2.25.